The number of hydrogen-bond acceptors (Lipinski definition) is 5. The number of rotatable bonds is 8. The molecule has 0 radical (unpaired) electrons. The summed E-state index contributed by atoms with van der Waals surface area (Å²) in [5.74, 6) is -1.50. The van der Waals surface area contributed by atoms with Crippen molar-refractivity contribution in [3.63, 3.8) is 0 Å². The number of carbonyl (C=O) groups is 2. The summed E-state index contributed by atoms with van der Waals surface area (Å²) in [5.41, 5.74) is -0.991. The first-order chi connectivity index (χ1) is 10.6. The van der Waals surface area contributed by atoms with Crippen LogP contribution in [-0.2, 0) is 15.1 Å². The molecule has 0 saturated carbocycles. The summed E-state index contributed by atoms with van der Waals surface area (Å²) in [7, 11) is 0. The molecule has 0 saturated heterocycles. The number of carboxylic acid groups (broad SMARTS) is 1. The molecule has 6 nitrogen and oxygen atoms in total. The fourth-order valence-corrected chi connectivity index (χ4v) is 2.39. The van der Waals surface area contributed by atoms with E-state index in [1.807, 2.05) is 6.92 Å². The average Bonchev–Trinajstić information content (AvgIpc) is 2.44. The lowest BCUT2D eigenvalue weighted by Crippen LogP contribution is -2.22. The Labute approximate surface area is 135 Å². The molecule has 1 rings (SSSR count). The maximum Gasteiger partial charge on any atom is 0.335 e. The summed E-state index contributed by atoms with van der Waals surface area (Å²) in [5, 5.41) is 29.4. The van der Waals surface area contributed by atoms with Crippen LogP contribution < -0.4 is 0 Å². The molecule has 0 spiro atoms. The predicted molar refractivity (Wildman–Crippen MR) is 84.3 cm³/mol. The number of aliphatic hydroxyl groups is 1. The van der Waals surface area contributed by atoms with E-state index in [0.717, 1.165) is 12.5 Å². The molecular weight excluding hydrogens is 300 g/mol. The average molecular weight is 324 g/mol. The van der Waals surface area contributed by atoms with Crippen LogP contribution in [0.3, 0.4) is 0 Å². The van der Waals surface area contributed by atoms with Crippen molar-refractivity contribution in [2.45, 2.75) is 45.6 Å². The molecule has 128 valence electrons. The third kappa shape index (κ3) is 5.90. The Balaban J connectivity index is 2.62. The number of esters is 1. The number of aromatic hydroxyl groups is 1. The number of carbonyl (C=O) groups excluding carboxylic acids is 1. The highest BCUT2D eigenvalue weighted by atomic mass is 16.5. The Bertz CT molecular complexity index is 564. The number of aromatic carboxylic acids is 1. The molecule has 0 aliphatic rings. The summed E-state index contributed by atoms with van der Waals surface area (Å²) in [6, 6.07) is 3.92. The topological polar surface area (TPSA) is 104 Å². The second kappa shape index (κ2) is 7.97. The lowest BCUT2D eigenvalue weighted by atomic mass is 9.88. The van der Waals surface area contributed by atoms with Gasteiger partial charge in [-0.05, 0) is 44.2 Å². The van der Waals surface area contributed by atoms with Crippen LogP contribution in [0.2, 0.25) is 0 Å². The standard InChI is InChI=1S/C17H24O6/c1-11(10-23-12(2)18)5-4-8-17(3,22)14-7-6-13(16(20)21)9-15(14)19/h6-7,9,11,19,22H,4-5,8,10H2,1-3H3,(H,20,21)/t11-,17-/m0/s1. The molecule has 0 bridgehead atoms. The van der Waals surface area contributed by atoms with Gasteiger partial charge < -0.3 is 20.1 Å². The Morgan fingerprint density at radius 3 is 2.52 bits per heavy atom. The van der Waals surface area contributed by atoms with Gasteiger partial charge in [-0.25, -0.2) is 4.79 Å². The zero-order valence-corrected chi connectivity index (χ0v) is 13.7. The third-order valence-electron chi connectivity index (χ3n) is 3.76. The number of phenols is 1. The van der Waals surface area contributed by atoms with Crippen molar-refractivity contribution in [3.05, 3.63) is 29.3 Å². The van der Waals surface area contributed by atoms with Gasteiger partial charge >= 0.3 is 11.9 Å². The Hall–Kier alpha value is -2.08. The van der Waals surface area contributed by atoms with Crippen molar-refractivity contribution in [1.82, 2.24) is 0 Å². The van der Waals surface area contributed by atoms with Crippen LogP contribution in [0, 0.1) is 5.92 Å². The SMILES string of the molecule is CC(=O)OC[C@@H](C)CCC[C@](C)(O)c1ccc(C(=O)O)cc1O. The van der Waals surface area contributed by atoms with Crippen molar-refractivity contribution < 1.29 is 29.6 Å². The highest BCUT2D eigenvalue weighted by Crippen LogP contribution is 2.34. The lowest BCUT2D eigenvalue weighted by molar-refractivity contribution is -0.142. The van der Waals surface area contributed by atoms with Gasteiger partial charge in [0.2, 0.25) is 0 Å². The zero-order valence-electron chi connectivity index (χ0n) is 13.7. The zero-order chi connectivity index (χ0) is 17.6. The normalized spacial score (nSPS) is 14.8. The molecule has 1 aromatic rings. The molecule has 0 heterocycles. The monoisotopic (exact) mass is 324 g/mol. The maximum absolute atomic E-state index is 10.9. The van der Waals surface area contributed by atoms with Crippen LogP contribution in [0.5, 0.6) is 5.75 Å². The van der Waals surface area contributed by atoms with Crippen LogP contribution in [0.25, 0.3) is 0 Å². The van der Waals surface area contributed by atoms with Gasteiger partial charge in [-0.15, -0.1) is 0 Å². The molecule has 1 aromatic carbocycles. The number of hydrogen-bond donors (Lipinski definition) is 3. The summed E-state index contributed by atoms with van der Waals surface area (Å²) < 4.78 is 4.93. The summed E-state index contributed by atoms with van der Waals surface area (Å²) in [6.07, 6.45) is 1.84. The van der Waals surface area contributed by atoms with Crippen LogP contribution in [0.1, 0.15) is 56.0 Å². The number of ether oxygens (including phenoxy) is 1. The van der Waals surface area contributed by atoms with Crippen LogP contribution in [0.15, 0.2) is 18.2 Å². The Morgan fingerprint density at radius 2 is 2.00 bits per heavy atom. The van der Waals surface area contributed by atoms with Gasteiger partial charge in [0, 0.05) is 12.5 Å². The number of benzene rings is 1. The van der Waals surface area contributed by atoms with E-state index in [2.05, 4.69) is 0 Å². The predicted octanol–water partition coefficient (Wildman–Crippen LogP) is 2.67. The van der Waals surface area contributed by atoms with E-state index in [9.17, 15) is 19.8 Å². The van der Waals surface area contributed by atoms with Gasteiger partial charge in [-0.2, -0.15) is 0 Å². The minimum atomic E-state index is -1.26. The van der Waals surface area contributed by atoms with Crippen molar-refractivity contribution >= 4 is 11.9 Å². The smallest absolute Gasteiger partial charge is 0.335 e. The highest BCUT2D eigenvalue weighted by molar-refractivity contribution is 5.88. The van der Waals surface area contributed by atoms with Crippen molar-refractivity contribution in [2.24, 2.45) is 5.92 Å². The minimum absolute atomic E-state index is 0.0305. The van der Waals surface area contributed by atoms with Gasteiger partial charge in [0.25, 0.3) is 0 Å². The van der Waals surface area contributed by atoms with Gasteiger partial charge in [0.1, 0.15) is 5.75 Å². The van der Waals surface area contributed by atoms with Gasteiger partial charge in [-0.1, -0.05) is 13.0 Å². The maximum atomic E-state index is 10.9. The largest absolute Gasteiger partial charge is 0.508 e. The van der Waals surface area contributed by atoms with Gasteiger partial charge in [0.05, 0.1) is 17.8 Å². The fourth-order valence-electron chi connectivity index (χ4n) is 2.39. The molecule has 3 N–H and O–H groups in total. The quantitative estimate of drug-likeness (QED) is 0.635. The van der Waals surface area contributed by atoms with E-state index in [0.29, 0.717) is 25.0 Å². The van der Waals surface area contributed by atoms with Crippen LogP contribution >= 0.6 is 0 Å². The van der Waals surface area contributed by atoms with Gasteiger partial charge in [-0.3, -0.25) is 4.79 Å². The Morgan fingerprint density at radius 1 is 1.35 bits per heavy atom. The molecule has 2 atom stereocenters. The van der Waals surface area contributed by atoms with Crippen LogP contribution in [-0.4, -0.2) is 33.9 Å². The molecule has 0 aromatic heterocycles. The van der Waals surface area contributed by atoms with Crippen molar-refractivity contribution in [1.29, 1.82) is 0 Å². The number of phenolic OH excluding ortho intramolecular Hbond substituents is 1. The second-order valence-corrected chi connectivity index (χ2v) is 6.11. The van der Waals surface area contributed by atoms with Crippen molar-refractivity contribution in [3.8, 4) is 5.75 Å². The highest BCUT2D eigenvalue weighted by Gasteiger charge is 2.26. The fraction of sp³-hybridized carbons (Fsp3) is 0.529. The molecule has 0 aliphatic carbocycles. The van der Waals surface area contributed by atoms with Crippen LogP contribution in [0.4, 0.5) is 0 Å². The lowest BCUT2D eigenvalue weighted by Gasteiger charge is -2.25. The summed E-state index contributed by atoms with van der Waals surface area (Å²) >= 11 is 0. The van der Waals surface area contributed by atoms with E-state index >= 15 is 0 Å². The first kappa shape index (κ1) is 19.0. The summed E-state index contributed by atoms with van der Waals surface area (Å²) in [4.78, 5) is 21.6. The molecule has 0 amide bonds. The first-order valence-electron chi connectivity index (χ1n) is 7.56. The van der Waals surface area contributed by atoms with E-state index < -0.39 is 11.6 Å². The van der Waals surface area contributed by atoms with Crippen molar-refractivity contribution in [2.75, 3.05) is 6.61 Å². The Kier molecular flexibility index (Phi) is 6.57. The third-order valence-corrected chi connectivity index (χ3v) is 3.76. The van der Waals surface area contributed by atoms with E-state index in [-0.39, 0.29) is 23.2 Å². The second-order valence-electron chi connectivity index (χ2n) is 6.11. The molecule has 0 aliphatic heterocycles. The molecule has 0 unspecified atom stereocenters. The molecular formula is C17H24O6. The molecule has 0 fully saturated rings. The van der Waals surface area contributed by atoms with Gasteiger partial charge in [0.15, 0.2) is 0 Å². The van der Waals surface area contributed by atoms with E-state index in [1.54, 1.807) is 6.92 Å². The van der Waals surface area contributed by atoms with E-state index in [1.165, 1.54) is 19.1 Å². The minimum Gasteiger partial charge on any atom is -0.508 e. The first-order valence-corrected chi connectivity index (χ1v) is 7.56. The molecule has 23 heavy (non-hydrogen) atoms. The van der Waals surface area contributed by atoms with E-state index in [4.69, 9.17) is 9.84 Å². The summed E-state index contributed by atoms with van der Waals surface area (Å²) in [6.45, 7) is 5.24. The number of carboxylic acids is 1. The molecule has 6 heteroatoms.